The molecule has 1 atom stereocenters. The van der Waals surface area contributed by atoms with Crippen molar-refractivity contribution in [1.29, 1.82) is 0 Å². The Balaban J connectivity index is 4.27. The quantitative estimate of drug-likeness (QED) is 0.0261. The molecular weight excluding hydrogens is 925 g/mol. The van der Waals surface area contributed by atoms with Crippen LogP contribution in [0.3, 0.4) is 0 Å². The normalized spacial score (nSPS) is 12.1. The molecule has 442 valence electrons. The topological polar surface area (TPSA) is 78.9 Å². The minimum atomic E-state index is -0.772. The fourth-order valence-corrected chi connectivity index (χ4v) is 10.3. The Bertz CT molecular complexity index is 1210. The van der Waals surface area contributed by atoms with E-state index in [9.17, 15) is 14.4 Å². The lowest BCUT2D eigenvalue weighted by atomic mass is 10.0. The lowest BCUT2D eigenvalue weighted by Crippen LogP contribution is -2.30. The first-order valence-electron chi connectivity index (χ1n) is 33.8. The zero-order chi connectivity index (χ0) is 54.3. The van der Waals surface area contributed by atoms with Gasteiger partial charge in [0.2, 0.25) is 0 Å². The highest BCUT2D eigenvalue weighted by Crippen LogP contribution is 2.18. The van der Waals surface area contributed by atoms with Crippen LogP contribution in [0.5, 0.6) is 0 Å². The molecule has 75 heavy (non-hydrogen) atoms. The molecule has 0 rings (SSSR count). The maximum Gasteiger partial charge on any atom is 0.306 e. The lowest BCUT2D eigenvalue weighted by molar-refractivity contribution is -0.167. The molecule has 0 aromatic carbocycles. The van der Waals surface area contributed by atoms with Crippen LogP contribution in [-0.2, 0) is 28.6 Å². The van der Waals surface area contributed by atoms with Crippen molar-refractivity contribution in [3.05, 3.63) is 24.3 Å². The Morgan fingerprint density at radius 3 is 0.667 bits per heavy atom. The van der Waals surface area contributed by atoms with Crippen molar-refractivity contribution in [1.82, 2.24) is 0 Å². The smallest absolute Gasteiger partial charge is 0.306 e. The molecule has 6 nitrogen and oxygen atoms in total. The summed E-state index contributed by atoms with van der Waals surface area (Å²) in [6, 6.07) is 0. The van der Waals surface area contributed by atoms with E-state index in [1.165, 1.54) is 276 Å². The Morgan fingerprint density at radius 2 is 0.440 bits per heavy atom. The summed E-state index contributed by atoms with van der Waals surface area (Å²) >= 11 is 0. The summed E-state index contributed by atoms with van der Waals surface area (Å²) in [7, 11) is 0. The van der Waals surface area contributed by atoms with Crippen molar-refractivity contribution >= 4 is 17.9 Å². The van der Waals surface area contributed by atoms with Gasteiger partial charge < -0.3 is 14.2 Å². The molecule has 0 fully saturated rings. The molecule has 0 N–H and O–H groups in total. The third kappa shape index (κ3) is 62.6. The van der Waals surface area contributed by atoms with E-state index in [0.29, 0.717) is 19.3 Å². The van der Waals surface area contributed by atoms with E-state index in [4.69, 9.17) is 14.2 Å². The van der Waals surface area contributed by atoms with Crippen molar-refractivity contribution in [3.63, 3.8) is 0 Å². The SMILES string of the molecule is CCCCCCC/C=C\CCCCCCCC(=O)OCC(COC(=O)CCCCCCCCCCCCC/C=C\CCCCCCCCCC)OC(=O)CCCCCCCCCCCCCCCCCCCCCC. The number of carbonyl (C=O) groups is 3. The number of hydrogen-bond acceptors (Lipinski definition) is 6. The number of allylic oxidation sites excluding steroid dienone is 4. The summed E-state index contributed by atoms with van der Waals surface area (Å²) < 4.78 is 17.0. The molecule has 0 amide bonds. The van der Waals surface area contributed by atoms with Crippen LogP contribution in [0.25, 0.3) is 0 Å². The zero-order valence-electron chi connectivity index (χ0n) is 50.8. The van der Waals surface area contributed by atoms with Crippen molar-refractivity contribution < 1.29 is 28.6 Å². The molecule has 0 saturated carbocycles. The van der Waals surface area contributed by atoms with Gasteiger partial charge in [-0.2, -0.15) is 0 Å². The summed E-state index contributed by atoms with van der Waals surface area (Å²) in [5.74, 6) is -0.849. The summed E-state index contributed by atoms with van der Waals surface area (Å²) in [6.07, 6.45) is 77.7. The van der Waals surface area contributed by atoms with Crippen molar-refractivity contribution in [3.8, 4) is 0 Å². The first-order valence-corrected chi connectivity index (χ1v) is 33.8. The average Bonchev–Trinajstić information content (AvgIpc) is 3.41. The molecule has 0 aliphatic carbocycles. The second-order valence-corrected chi connectivity index (χ2v) is 23.1. The van der Waals surface area contributed by atoms with Gasteiger partial charge >= 0.3 is 17.9 Å². The van der Waals surface area contributed by atoms with Gasteiger partial charge in [0.05, 0.1) is 0 Å². The predicted molar refractivity (Wildman–Crippen MR) is 326 cm³/mol. The van der Waals surface area contributed by atoms with Crippen LogP contribution >= 0.6 is 0 Å². The fraction of sp³-hybridized carbons (Fsp3) is 0.899. The second-order valence-electron chi connectivity index (χ2n) is 23.1. The maximum atomic E-state index is 12.9. The zero-order valence-corrected chi connectivity index (χ0v) is 50.8. The number of unbranched alkanes of at least 4 members (excludes halogenated alkanes) is 48. The Labute approximate surface area is 468 Å². The first kappa shape index (κ1) is 72.9. The lowest BCUT2D eigenvalue weighted by Gasteiger charge is -2.18. The van der Waals surface area contributed by atoms with Gasteiger partial charge in [-0.25, -0.2) is 0 Å². The van der Waals surface area contributed by atoms with Gasteiger partial charge in [-0.05, 0) is 70.6 Å². The van der Waals surface area contributed by atoms with Crippen LogP contribution in [0.2, 0.25) is 0 Å². The molecule has 1 unspecified atom stereocenters. The predicted octanol–water partition coefficient (Wildman–Crippen LogP) is 23.0. The highest BCUT2D eigenvalue weighted by atomic mass is 16.6. The molecule has 0 spiro atoms. The fourth-order valence-electron chi connectivity index (χ4n) is 10.3. The third-order valence-electron chi connectivity index (χ3n) is 15.4. The van der Waals surface area contributed by atoms with Gasteiger partial charge in [-0.3, -0.25) is 14.4 Å². The molecule has 0 aromatic rings. The van der Waals surface area contributed by atoms with Gasteiger partial charge in [0, 0.05) is 19.3 Å². The number of ether oxygens (including phenoxy) is 3. The van der Waals surface area contributed by atoms with Gasteiger partial charge in [0.25, 0.3) is 0 Å². The Hall–Kier alpha value is -2.11. The van der Waals surface area contributed by atoms with Crippen molar-refractivity contribution in [2.24, 2.45) is 0 Å². The third-order valence-corrected chi connectivity index (χ3v) is 15.4. The van der Waals surface area contributed by atoms with E-state index in [2.05, 4.69) is 45.1 Å². The van der Waals surface area contributed by atoms with Crippen LogP contribution in [0.1, 0.15) is 380 Å². The van der Waals surface area contributed by atoms with E-state index in [1.54, 1.807) is 0 Å². The maximum absolute atomic E-state index is 12.9. The highest BCUT2D eigenvalue weighted by molar-refractivity contribution is 5.71. The van der Waals surface area contributed by atoms with E-state index >= 15 is 0 Å². The van der Waals surface area contributed by atoms with Gasteiger partial charge in [-0.15, -0.1) is 0 Å². The molecule has 0 radical (unpaired) electrons. The first-order chi connectivity index (χ1) is 37.0. The van der Waals surface area contributed by atoms with Crippen LogP contribution < -0.4 is 0 Å². The van der Waals surface area contributed by atoms with E-state index < -0.39 is 6.10 Å². The Kier molecular flexibility index (Phi) is 62.6. The van der Waals surface area contributed by atoms with E-state index in [-0.39, 0.29) is 31.1 Å². The van der Waals surface area contributed by atoms with Crippen molar-refractivity contribution in [2.75, 3.05) is 13.2 Å². The molecule has 0 saturated heterocycles. The standard InChI is InChI=1S/C69H130O6/c1-4-7-10-13-16-19-22-25-28-30-32-34-35-36-38-39-41-44-47-50-53-56-59-62-68(71)74-65-66(64-73-67(70)61-58-55-52-49-46-43-27-24-21-18-15-12-9-6-3)75-69(72)63-60-57-54-51-48-45-42-40-37-33-31-29-26-23-20-17-14-11-8-5-2/h24,27,30,32,66H,4-23,25-26,28-29,31,33-65H2,1-3H3/b27-24-,32-30-. The average molecular weight is 1060 g/mol. The second kappa shape index (κ2) is 64.4. The van der Waals surface area contributed by atoms with Crippen LogP contribution in [-0.4, -0.2) is 37.2 Å². The number of hydrogen-bond donors (Lipinski definition) is 0. The summed E-state index contributed by atoms with van der Waals surface area (Å²) in [5.41, 5.74) is 0. The van der Waals surface area contributed by atoms with Crippen LogP contribution in [0, 0.1) is 0 Å². The van der Waals surface area contributed by atoms with Gasteiger partial charge in [0.1, 0.15) is 13.2 Å². The van der Waals surface area contributed by atoms with Crippen LogP contribution in [0.4, 0.5) is 0 Å². The molecule has 0 aliphatic rings. The largest absolute Gasteiger partial charge is 0.462 e. The summed E-state index contributed by atoms with van der Waals surface area (Å²) in [4.78, 5) is 38.4. The number of esters is 3. The van der Waals surface area contributed by atoms with Gasteiger partial charge in [0.15, 0.2) is 6.10 Å². The van der Waals surface area contributed by atoms with E-state index in [1.807, 2.05) is 0 Å². The molecule has 0 bridgehead atoms. The number of rotatable bonds is 63. The monoisotopic (exact) mass is 1050 g/mol. The Morgan fingerprint density at radius 1 is 0.253 bits per heavy atom. The minimum Gasteiger partial charge on any atom is -0.462 e. The van der Waals surface area contributed by atoms with E-state index in [0.717, 1.165) is 64.2 Å². The molecule has 0 aliphatic heterocycles. The summed E-state index contributed by atoms with van der Waals surface area (Å²) in [6.45, 7) is 6.70. The summed E-state index contributed by atoms with van der Waals surface area (Å²) in [5, 5.41) is 0. The molecule has 0 aromatic heterocycles. The highest BCUT2D eigenvalue weighted by Gasteiger charge is 2.19. The van der Waals surface area contributed by atoms with Crippen molar-refractivity contribution in [2.45, 2.75) is 386 Å². The molecular formula is C69H130O6. The minimum absolute atomic E-state index is 0.0690. The van der Waals surface area contributed by atoms with Crippen LogP contribution in [0.15, 0.2) is 24.3 Å². The number of carbonyl (C=O) groups excluding carboxylic acids is 3. The van der Waals surface area contributed by atoms with Gasteiger partial charge in [-0.1, -0.05) is 315 Å². The molecule has 0 heterocycles. The molecule has 6 heteroatoms.